The Balaban J connectivity index is 1.30. The highest BCUT2D eigenvalue weighted by atomic mass is 32.1. The number of hydrogen-bond donors (Lipinski definition) is 0. The van der Waals surface area contributed by atoms with Crippen molar-refractivity contribution in [1.82, 2.24) is 9.80 Å². The zero-order valence-corrected chi connectivity index (χ0v) is 15.0. The van der Waals surface area contributed by atoms with Gasteiger partial charge in [-0.05, 0) is 29.1 Å². The number of amides is 1. The molecule has 1 amide bonds. The molecule has 5 nitrogen and oxygen atoms in total. The maximum absolute atomic E-state index is 12.6. The van der Waals surface area contributed by atoms with Gasteiger partial charge < -0.3 is 14.4 Å². The molecule has 1 aromatic carbocycles. The van der Waals surface area contributed by atoms with E-state index in [0.29, 0.717) is 19.6 Å². The summed E-state index contributed by atoms with van der Waals surface area (Å²) in [6.45, 7) is 5.61. The van der Waals surface area contributed by atoms with Gasteiger partial charge in [0.15, 0.2) is 11.5 Å². The maximum Gasteiger partial charge on any atom is 0.227 e. The Kier molecular flexibility index (Phi) is 4.90. The lowest BCUT2D eigenvalue weighted by molar-refractivity contribution is -0.132. The number of rotatable bonds is 4. The Morgan fingerprint density at radius 1 is 1.04 bits per heavy atom. The smallest absolute Gasteiger partial charge is 0.227 e. The summed E-state index contributed by atoms with van der Waals surface area (Å²) >= 11 is 1.79. The van der Waals surface area contributed by atoms with E-state index < -0.39 is 0 Å². The van der Waals surface area contributed by atoms with Crippen LogP contribution < -0.4 is 9.47 Å². The molecular formula is C19H22N2O3S. The molecule has 0 atom stereocenters. The number of piperazine rings is 1. The van der Waals surface area contributed by atoms with Crippen LogP contribution in [0.15, 0.2) is 35.7 Å². The van der Waals surface area contributed by atoms with Crippen molar-refractivity contribution >= 4 is 17.2 Å². The van der Waals surface area contributed by atoms with Crippen molar-refractivity contribution in [3.8, 4) is 11.5 Å². The topological polar surface area (TPSA) is 42.0 Å². The molecule has 0 radical (unpaired) electrons. The monoisotopic (exact) mass is 358 g/mol. The van der Waals surface area contributed by atoms with E-state index in [2.05, 4.69) is 22.4 Å². The van der Waals surface area contributed by atoms with Crippen molar-refractivity contribution in [2.45, 2.75) is 13.0 Å². The summed E-state index contributed by atoms with van der Waals surface area (Å²) in [5, 5.41) is 2.11. The Labute approximate surface area is 151 Å². The van der Waals surface area contributed by atoms with Gasteiger partial charge in [0, 0.05) is 37.6 Å². The number of fused-ring (bicyclic) bond motifs is 1. The number of benzene rings is 1. The minimum absolute atomic E-state index is 0.187. The van der Waals surface area contributed by atoms with E-state index in [1.807, 2.05) is 23.1 Å². The molecule has 0 bridgehead atoms. The number of nitrogens with zero attached hydrogens (tertiary/aromatic N) is 2. The molecule has 4 rings (SSSR count). The third-order valence-corrected chi connectivity index (χ3v) is 5.51. The highest BCUT2D eigenvalue weighted by Crippen LogP contribution is 2.31. The minimum Gasteiger partial charge on any atom is -0.486 e. The van der Waals surface area contributed by atoms with E-state index in [9.17, 15) is 4.79 Å². The van der Waals surface area contributed by atoms with Crippen LogP contribution in [-0.4, -0.2) is 55.1 Å². The molecule has 0 N–H and O–H groups in total. The van der Waals surface area contributed by atoms with Crippen molar-refractivity contribution < 1.29 is 14.3 Å². The Bertz CT molecular complexity index is 724. The van der Waals surface area contributed by atoms with Crippen LogP contribution in [-0.2, 0) is 17.8 Å². The van der Waals surface area contributed by atoms with Crippen LogP contribution in [0.4, 0.5) is 0 Å². The SMILES string of the molecule is O=C(Cc1ccc2c(c1)OCCO2)N1CCN(Cc2cccs2)CC1. The van der Waals surface area contributed by atoms with Gasteiger partial charge in [-0.15, -0.1) is 11.3 Å². The largest absolute Gasteiger partial charge is 0.486 e. The third kappa shape index (κ3) is 3.96. The first-order valence-corrected chi connectivity index (χ1v) is 9.57. The van der Waals surface area contributed by atoms with E-state index in [0.717, 1.165) is 49.8 Å². The summed E-state index contributed by atoms with van der Waals surface area (Å²) in [5.74, 6) is 1.70. The maximum atomic E-state index is 12.6. The predicted molar refractivity (Wildman–Crippen MR) is 97.3 cm³/mol. The molecule has 2 aliphatic rings. The van der Waals surface area contributed by atoms with Crippen molar-refractivity contribution in [2.75, 3.05) is 39.4 Å². The van der Waals surface area contributed by atoms with Gasteiger partial charge in [-0.2, -0.15) is 0 Å². The molecule has 1 fully saturated rings. The fourth-order valence-electron chi connectivity index (χ4n) is 3.26. The molecule has 0 unspecified atom stereocenters. The molecule has 1 saturated heterocycles. The van der Waals surface area contributed by atoms with Crippen LogP contribution in [0.2, 0.25) is 0 Å². The Hall–Kier alpha value is -2.05. The second-order valence-corrected chi connectivity index (χ2v) is 7.42. The first-order valence-electron chi connectivity index (χ1n) is 8.69. The van der Waals surface area contributed by atoms with E-state index >= 15 is 0 Å². The van der Waals surface area contributed by atoms with Crippen molar-refractivity contribution in [3.05, 3.63) is 46.2 Å². The number of hydrogen-bond acceptors (Lipinski definition) is 5. The standard InChI is InChI=1S/C19H22N2O3S/c22-19(13-15-3-4-17-18(12-15)24-10-9-23-17)21-7-5-20(6-8-21)14-16-2-1-11-25-16/h1-4,11-12H,5-10,13-14H2. The van der Waals surface area contributed by atoms with Crippen LogP contribution in [0.1, 0.15) is 10.4 Å². The van der Waals surface area contributed by atoms with Crippen LogP contribution >= 0.6 is 11.3 Å². The zero-order chi connectivity index (χ0) is 17.1. The van der Waals surface area contributed by atoms with Gasteiger partial charge in [0.05, 0.1) is 6.42 Å². The summed E-state index contributed by atoms with van der Waals surface area (Å²) in [6.07, 6.45) is 0.418. The fraction of sp³-hybridized carbons (Fsp3) is 0.421. The number of thiophene rings is 1. The number of carbonyl (C=O) groups excluding carboxylic acids is 1. The molecule has 25 heavy (non-hydrogen) atoms. The summed E-state index contributed by atoms with van der Waals surface area (Å²) in [5.41, 5.74) is 0.982. The van der Waals surface area contributed by atoms with Crippen LogP contribution in [0.3, 0.4) is 0 Å². The Morgan fingerprint density at radius 3 is 2.60 bits per heavy atom. The summed E-state index contributed by atoms with van der Waals surface area (Å²) in [6, 6.07) is 10.0. The zero-order valence-electron chi connectivity index (χ0n) is 14.1. The van der Waals surface area contributed by atoms with Gasteiger partial charge in [-0.1, -0.05) is 12.1 Å². The quantitative estimate of drug-likeness (QED) is 0.842. The molecule has 3 heterocycles. The van der Waals surface area contributed by atoms with Gasteiger partial charge >= 0.3 is 0 Å². The molecule has 0 aliphatic carbocycles. The first kappa shape index (κ1) is 16.4. The second kappa shape index (κ2) is 7.45. The van der Waals surface area contributed by atoms with E-state index in [-0.39, 0.29) is 5.91 Å². The average molecular weight is 358 g/mol. The molecule has 2 aliphatic heterocycles. The van der Waals surface area contributed by atoms with Crippen LogP contribution in [0.25, 0.3) is 0 Å². The second-order valence-electron chi connectivity index (χ2n) is 6.39. The van der Waals surface area contributed by atoms with Crippen LogP contribution in [0.5, 0.6) is 11.5 Å². The molecule has 132 valence electrons. The molecule has 1 aromatic heterocycles. The highest BCUT2D eigenvalue weighted by molar-refractivity contribution is 7.09. The lowest BCUT2D eigenvalue weighted by Gasteiger charge is -2.34. The average Bonchev–Trinajstić information content (AvgIpc) is 3.15. The van der Waals surface area contributed by atoms with E-state index in [1.54, 1.807) is 11.3 Å². The van der Waals surface area contributed by atoms with Gasteiger partial charge in [0.25, 0.3) is 0 Å². The molecule has 2 aromatic rings. The predicted octanol–water partition coefficient (Wildman–Crippen LogP) is 2.41. The fourth-order valence-corrected chi connectivity index (χ4v) is 4.01. The highest BCUT2D eigenvalue weighted by Gasteiger charge is 2.22. The lowest BCUT2D eigenvalue weighted by Crippen LogP contribution is -2.48. The summed E-state index contributed by atoms with van der Waals surface area (Å²) in [7, 11) is 0. The normalized spacial score (nSPS) is 17.5. The third-order valence-electron chi connectivity index (χ3n) is 4.65. The van der Waals surface area contributed by atoms with Gasteiger partial charge in [0.1, 0.15) is 13.2 Å². The van der Waals surface area contributed by atoms with Crippen molar-refractivity contribution in [1.29, 1.82) is 0 Å². The minimum atomic E-state index is 0.187. The number of ether oxygens (including phenoxy) is 2. The van der Waals surface area contributed by atoms with Crippen molar-refractivity contribution in [2.24, 2.45) is 0 Å². The number of carbonyl (C=O) groups is 1. The van der Waals surface area contributed by atoms with Gasteiger partial charge in [0.2, 0.25) is 5.91 Å². The van der Waals surface area contributed by atoms with E-state index in [1.165, 1.54) is 4.88 Å². The van der Waals surface area contributed by atoms with Crippen LogP contribution in [0, 0.1) is 0 Å². The van der Waals surface area contributed by atoms with E-state index in [4.69, 9.17) is 9.47 Å². The van der Waals surface area contributed by atoms with Gasteiger partial charge in [-0.3, -0.25) is 9.69 Å². The molecule has 6 heteroatoms. The molecular weight excluding hydrogens is 336 g/mol. The lowest BCUT2D eigenvalue weighted by atomic mass is 10.1. The first-order chi connectivity index (χ1) is 12.3. The summed E-state index contributed by atoms with van der Waals surface area (Å²) < 4.78 is 11.1. The Morgan fingerprint density at radius 2 is 1.84 bits per heavy atom. The van der Waals surface area contributed by atoms with Gasteiger partial charge in [-0.25, -0.2) is 0 Å². The summed E-state index contributed by atoms with van der Waals surface area (Å²) in [4.78, 5) is 18.4. The molecule has 0 saturated carbocycles. The van der Waals surface area contributed by atoms with Crippen molar-refractivity contribution in [3.63, 3.8) is 0 Å². The molecule has 0 spiro atoms.